The van der Waals surface area contributed by atoms with Gasteiger partial charge in [0.2, 0.25) is 0 Å². The molecule has 7 heteroatoms. The molecule has 2 amide bonds. The van der Waals surface area contributed by atoms with Crippen LogP contribution in [0.3, 0.4) is 0 Å². The minimum atomic E-state index is -0.308. The molecule has 1 aliphatic heterocycles. The van der Waals surface area contributed by atoms with Crippen LogP contribution < -0.4 is 9.47 Å². The Kier molecular flexibility index (Phi) is 7.14. The number of carbonyl (C=O) groups is 2. The fraction of sp³-hybridized carbons (Fsp3) is 0.120. The van der Waals surface area contributed by atoms with E-state index in [1.54, 1.807) is 30.3 Å². The van der Waals surface area contributed by atoms with Crippen molar-refractivity contribution in [3.63, 3.8) is 0 Å². The average Bonchev–Trinajstić information content (AvgIpc) is 3.06. The molecule has 162 valence electrons. The number of nitrogens with zero attached hydrogens (tertiary/aromatic N) is 1. The molecule has 0 N–H and O–H groups in total. The van der Waals surface area contributed by atoms with Gasteiger partial charge < -0.3 is 9.47 Å². The topological polar surface area (TPSA) is 55.8 Å². The predicted molar refractivity (Wildman–Crippen MR) is 127 cm³/mol. The van der Waals surface area contributed by atoms with Crippen molar-refractivity contribution in [3.05, 3.63) is 99.9 Å². The monoisotopic (exact) mass is 465 g/mol. The van der Waals surface area contributed by atoms with Gasteiger partial charge in [0.25, 0.3) is 11.1 Å². The van der Waals surface area contributed by atoms with Gasteiger partial charge >= 0.3 is 0 Å². The lowest BCUT2D eigenvalue weighted by Crippen LogP contribution is -2.27. The number of thioether (sulfide) groups is 1. The molecule has 1 heterocycles. The first kappa shape index (κ1) is 22.0. The second kappa shape index (κ2) is 10.4. The molecule has 5 nitrogen and oxygen atoms in total. The number of imide groups is 1. The Morgan fingerprint density at radius 3 is 2.28 bits per heavy atom. The van der Waals surface area contributed by atoms with Gasteiger partial charge in [-0.2, -0.15) is 0 Å². The number of carbonyl (C=O) groups excluding carboxylic acids is 2. The molecule has 3 aromatic carbocycles. The van der Waals surface area contributed by atoms with E-state index < -0.39 is 0 Å². The average molecular weight is 466 g/mol. The van der Waals surface area contributed by atoms with E-state index in [1.165, 1.54) is 4.90 Å². The van der Waals surface area contributed by atoms with Crippen LogP contribution in [0.2, 0.25) is 5.02 Å². The van der Waals surface area contributed by atoms with Crippen molar-refractivity contribution >= 4 is 40.6 Å². The lowest BCUT2D eigenvalue weighted by Gasteiger charge is -2.12. The van der Waals surface area contributed by atoms with Gasteiger partial charge in [0, 0.05) is 5.02 Å². The summed E-state index contributed by atoms with van der Waals surface area (Å²) < 4.78 is 11.4. The van der Waals surface area contributed by atoms with Crippen LogP contribution in [-0.2, 0) is 11.3 Å². The van der Waals surface area contributed by atoms with Crippen molar-refractivity contribution in [2.24, 2.45) is 0 Å². The van der Waals surface area contributed by atoms with Crippen LogP contribution in [-0.4, -0.2) is 29.3 Å². The third-order valence-corrected chi connectivity index (χ3v) is 5.81. The van der Waals surface area contributed by atoms with E-state index in [0.717, 1.165) is 28.6 Å². The van der Waals surface area contributed by atoms with Gasteiger partial charge in [-0.3, -0.25) is 14.5 Å². The zero-order chi connectivity index (χ0) is 22.3. The Balaban J connectivity index is 1.36. The number of hydrogen-bond donors (Lipinski definition) is 0. The van der Waals surface area contributed by atoms with E-state index in [4.69, 9.17) is 21.1 Å². The van der Waals surface area contributed by atoms with E-state index >= 15 is 0 Å². The van der Waals surface area contributed by atoms with Gasteiger partial charge in [-0.05, 0) is 65.4 Å². The summed E-state index contributed by atoms with van der Waals surface area (Å²) >= 11 is 6.84. The third kappa shape index (κ3) is 5.72. The number of rotatable bonds is 8. The maximum absolute atomic E-state index is 12.8. The highest BCUT2D eigenvalue weighted by Crippen LogP contribution is 2.33. The first-order chi connectivity index (χ1) is 15.6. The minimum absolute atomic E-state index is 0.212. The molecule has 0 bridgehead atoms. The van der Waals surface area contributed by atoms with Crippen molar-refractivity contribution in [2.45, 2.75) is 6.54 Å². The van der Waals surface area contributed by atoms with Crippen molar-refractivity contribution in [1.82, 2.24) is 4.90 Å². The summed E-state index contributed by atoms with van der Waals surface area (Å²) in [6, 6.07) is 24.0. The normalized spacial score (nSPS) is 14.8. The summed E-state index contributed by atoms with van der Waals surface area (Å²) in [5.74, 6) is 1.15. The number of halogens is 1. The number of hydrogen-bond acceptors (Lipinski definition) is 5. The van der Waals surface area contributed by atoms with Gasteiger partial charge in [0.15, 0.2) is 0 Å². The summed E-state index contributed by atoms with van der Waals surface area (Å²) in [5, 5.41) is 0.318. The Bertz CT molecular complexity index is 1130. The molecular weight excluding hydrogens is 446 g/mol. The van der Waals surface area contributed by atoms with Gasteiger partial charge in [-0.1, -0.05) is 54.1 Å². The molecule has 0 spiro atoms. The highest BCUT2D eigenvalue weighted by atomic mass is 35.5. The van der Waals surface area contributed by atoms with Crippen molar-refractivity contribution < 1.29 is 19.1 Å². The summed E-state index contributed by atoms with van der Waals surface area (Å²) in [6.45, 7) is 1.01. The van der Waals surface area contributed by atoms with Gasteiger partial charge in [-0.25, -0.2) is 0 Å². The second-order valence-corrected chi connectivity index (χ2v) is 8.41. The Morgan fingerprint density at radius 1 is 0.844 bits per heavy atom. The maximum Gasteiger partial charge on any atom is 0.293 e. The lowest BCUT2D eigenvalue weighted by atomic mass is 10.2. The van der Waals surface area contributed by atoms with E-state index in [0.29, 0.717) is 28.9 Å². The van der Waals surface area contributed by atoms with Crippen LogP contribution in [0.15, 0.2) is 83.8 Å². The first-order valence-corrected chi connectivity index (χ1v) is 11.2. The summed E-state index contributed by atoms with van der Waals surface area (Å²) in [4.78, 5) is 26.8. The SMILES string of the molecule is O=C1S/C(=C\c2cccc(OCCOc3ccccc3)c2)C(=O)N1Cc1ccc(Cl)cc1. The smallest absolute Gasteiger partial charge is 0.293 e. The van der Waals surface area contributed by atoms with E-state index in [9.17, 15) is 9.59 Å². The molecule has 1 aliphatic rings. The van der Waals surface area contributed by atoms with Gasteiger partial charge in [0.05, 0.1) is 11.4 Å². The molecule has 0 aromatic heterocycles. The molecule has 3 aromatic rings. The van der Waals surface area contributed by atoms with Gasteiger partial charge in [-0.15, -0.1) is 0 Å². The highest BCUT2D eigenvalue weighted by Gasteiger charge is 2.34. The third-order valence-electron chi connectivity index (χ3n) is 4.65. The number of para-hydroxylation sites is 1. The molecule has 0 radical (unpaired) electrons. The summed E-state index contributed by atoms with van der Waals surface area (Å²) in [6.07, 6.45) is 1.71. The zero-order valence-electron chi connectivity index (χ0n) is 17.1. The molecule has 0 aliphatic carbocycles. The molecule has 1 saturated heterocycles. The number of benzene rings is 3. The van der Waals surface area contributed by atoms with Crippen molar-refractivity contribution in [2.75, 3.05) is 13.2 Å². The molecule has 0 atom stereocenters. The standard InChI is InChI=1S/C25H20ClNO4S/c26-20-11-9-18(10-12-20)17-27-24(28)23(32-25(27)29)16-19-5-4-8-22(15-19)31-14-13-30-21-6-2-1-3-7-21/h1-12,15-16H,13-14,17H2/b23-16-. The quantitative estimate of drug-likeness (QED) is 0.300. The lowest BCUT2D eigenvalue weighted by molar-refractivity contribution is -0.123. The van der Waals surface area contributed by atoms with Crippen LogP contribution in [0.25, 0.3) is 6.08 Å². The second-order valence-electron chi connectivity index (χ2n) is 6.98. The van der Waals surface area contributed by atoms with Gasteiger partial charge in [0.1, 0.15) is 24.7 Å². The maximum atomic E-state index is 12.8. The molecule has 4 rings (SSSR count). The number of ether oxygens (including phenoxy) is 2. The molecular formula is C25H20ClNO4S. The molecule has 1 fully saturated rings. The number of amides is 2. The Morgan fingerprint density at radius 2 is 1.53 bits per heavy atom. The summed E-state index contributed by atoms with van der Waals surface area (Å²) in [5.41, 5.74) is 1.62. The fourth-order valence-electron chi connectivity index (χ4n) is 3.09. The van der Waals surface area contributed by atoms with Crippen molar-refractivity contribution in [1.29, 1.82) is 0 Å². The summed E-state index contributed by atoms with van der Waals surface area (Å²) in [7, 11) is 0. The van der Waals surface area contributed by atoms with Crippen LogP contribution in [0.4, 0.5) is 4.79 Å². The fourth-order valence-corrected chi connectivity index (χ4v) is 4.05. The van der Waals surface area contributed by atoms with Crippen LogP contribution in [0.5, 0.6) is 11.5 Å². The zero-order valence-corrected chi connectivity index (χ0v) is 18.6. The van der Waals surface area contributed by atoms with Crippen LogP contribution in [0, 0.1) is 0 Å². The molecule has 32 heavy (non-hydrogen) atoms. The Labute approximate surface area is 195 Å². The van der Waals surface area contributed by atoms with E-state index in [-0.39, 0.29) is 17.7 Å². The largest absolute Gasteiger partial charge is 0.490 e. The van der Waals surface area contributed by atoms with Crippen molar-refractivity contribution in [3.8, 4) is 11.5 Å². The van der Waals surface area contributed by atoms with E-state index in [1.807, 2.05) is 54.6 Å². The highest BCUT2D eigenvalue weighted by molar-refractivity contribution is 8.18. The van der Waals surface area contributed by atoms with Crippen LogP contribution in [0.1, 0.15) is 11.1 Å². The molecule has 0 saturated carbocycles. The van der Waals surface area contributed by atoms with Crippen LogP contribution >= 0.6 is 23.4 Å². The minimum Gasteiger partial charge on any atom is -0.490 e. The Hall–Kier alpha value is -3.22. The predicted octanol–water partition coefficient (Wildman–Crippen LogP) is 6.03. The molecule has 0 unspecified atom stereocenters. The van der Waals surface area contributed by atoms with E-state index in [2.05, 4.69) is 0 Å². The first-order valence-electron chi connectivity index (χ1n) is 9.99.